The van der Waals surface area contributed by atoms with Gasteiger partial charge in [-0.2, -0.15) is 0 Å². The zero-order chi connectivity index (χ0) is 19.5. The van der Waals surface area contributed by atoms with Crippen LogP contribution in [-0.4, -0.2) is 48.2 Å². The van der Waals surface area contributed by atoms with Gasteiger partial charge >= 0.3 is 5.97 Å². The summed E-state index contributed by atoms with van der Waals surface area (Å²) in [6.07, 6.45) is 13.3. The third-order valence-corrected chi connectivity index (χ3v) is 4.53. The van der Waals surface area contributed by atoms with Crippen LogP contribution in [0.1, 0.15) is 97.3 Å². The van der Waals surface area contributed by atoms with Gasteiger partial charge in [-0.05, 0) is 12.8 Å². The van der Waals surface area contributed by atoms with Gasteiger partial charge in [0.2, 0.25) is 0 Å². The fourth-order valence-corrected chi connectivity index (χ4v) is 2.81. The van der Waals surface area contributed by atoms with Crippen LogP contribution >= 0.6 is 0 Å². The van der Waals surface area contributed by atoms with Crippen LogP contribution in [0.5, 0.6) is 0 Å². The van der Waals surface area contributed by atoms with Crippen molar-refractivity contribution in [2.75, 3.05) is 19.8 Å². The van der Waals surface area contributed by atoms with Crippen LogP contribution in [0.25, 0.3) is 0 Å². The number of carbonyl (C=O) groups is 1. The molecule has 0 rings (SSSR count). The molecule has 5 nitrogen and oxygen atoms in total. The molecule has 5 heteroatoms. The standard InChI is InChI=1S/C21H42O5/c1-3-5-7-9-10-11-12-14-16-25-20(15-13-8-6-4-2)21(24)26-18-19(23)17-22/h19-20,22-23H,3-18H2,1-2H3. The van der Waals surface area contributed by atoms with Crippen molar-refractivity contribution in [2.45, 2.75) is 110 Å². The minimum atomic E-state index is -1.02. The first-order chi connectivity index (χ1) is 12.7. The number of hydrogen-bond donors (Lipinski definition) is 2. The second-order valence-electron chi connectivity index (χ2n) is 7.15. The Labute approximate surface area is 160 Å². The van der Waals surface area contributed by atoms with E-state index in [2.05, 4.69) is 13.8 Å². The van der Waals surface area contributed by atoms with Gasteiger partial charge in [0.05, 0.1) is 6.61 Å². The average Bonchev–Trinajstić information content (AvgIpc) is 2.66. The van der Waals surface area contributed by atoms with Crippen LogP contribution < -0.4 is 0 Å². The Morgan fingerprint density at radius 3 is 1.96 bits per heavy atom. The SMILES string of the molecule is CCCCCCCCCCOC(CCCCCC)C(=O)OCC(O)CO. The maximum atomic E-state index is 12.2. The number of esters is 1. The molecule has 0 aliphatic heterocycles. The largest absolute Gasteiger partial charge is 0.461 e. The molecule has 0 heterocycles. The summed E-state index contributed by atoms with van der Waals surface area (Å²) in [4.78, 5) is 12.2. The molecule has 0 fully saturated rings. The highest BCUT2D eigenvalue weighted by molar-refractivity contribution is 5.74. The van der Waals surface area contributed by atoms with E-state index in [4.69, 9.17) is 14.6 Å². The number of ether oxygens (including phenoxy) is 2. The van der Waals surface area contributed by atoms with Gasteiger partial charge in [0.1, 0.15) is 12.7 Å². The van der Waals surface area contributed by atoms with Crippen molar-refractivity contribution in [3.8, 4) is 0 Å². The van der Waals surface area contributed by atoms with Crippen LogP contribution in [0, 0.1) is 0 Å². The Morgan fingerprint density at radius 1 is 0.846 bits per heavy atom. The fourth-order valence-electron chi connectivity index (χ4n) is 2.81. The average molecular weight is 375 g/mol. The number of unbranched alkanes of at least 4 members (excludes halogenated alkanes) is 10. The van der Waals surface area contributed by atoms with Crippen molar-refractivity contribution >= 4 is 5.97 Å². The van der Waals surface area contributed by atoms with Gasteiger partial charge in [-0.25, -0.2) is 4.79 Å². The van der Waals surface area contributed by atoms with Gasteiger partial charge in [0.25, 0.3) is 0 Å². The lowest BCUT2D eigenvalue weighted by atomic mass is 10.1. The predicted molar refractivity (Wildman–Crippen MR) is 105 cm³/mol. The minimum Gasteiger partial charge on any atom is -0.461 e. The van der Waals surface area contributed by atoms with Crippen molar-refractivity contribution in [1.82, 2.24) is 0 Å². The number of hydrogen-bond acceptors (Lipinski definition) is 5. The van der Waals surface area contributed by atoms with Crippen molar-refractivity contribution in [2.24, 2.45) is 0 Å². The maximum Gasteiger partial charge on any atom is 0.335 e. The number of aliphatic hydroxyl groups is 2. The Hall–Kier alpha value is -0.650. The summed E-state index contributed by atoms with van der Waals surface area (Å²) in [5.41, 5.74) is 0. The first-order valence-corrected chi connectivity index (χ1v) is 10.7. The van der Waals surface area contributed by atoms with Crippen molar-refractivity contribution in [3.05, 3.63) is 0 Å². The fraction of sp³-hybridized carbons (Fsp3) is 0.952. The van der Waals surface area contributed by atoms with Crippen LogP contribution in [0.4, 0.5) is 0 Å². The van der Waals surface area contributed by atoms with E-state index in [0.29, 0.717) is 13.0 Å². The van der Waals surface area contributed by atoms with Gasteiger partial charge < -0.3 is 19.7 Å². The molecule has 2 N–H and O–H groups in total. The molecule has 0 aromatic carbocycles. The second-order valence-corrected chi connectivity index (χ2v) is 7.15. The zero-order valence-electron chi connectivity index (χ0n) is 17.1. The highest BCUT2D eigenvalue weighted by atomic mass is 16.6. The van der Waals surface area contributed by atoms with Crippen molar-refractivity contribution in [3.63, 3.8) is 0 Å². The summed E-state index contributed by atoms with van der Waals surface area (Å²) >= 11 is 0. The molecule has 0 aliphatic rings. The van der Waals surface area contributed by atoms with Gasteiger partial charge in [0.15, 0.2) is 6.10 Å². The zero-order valence-corrected chi connectivity index (χ0v) is 17.1. The normalized spacial score (nSPS) is 13.5. The molecule has 2 atom stereocenters. The van der Waals surface area contributed by atoms with Gasteiger partial charge in [-0.1, -0.05) is 84.5 Å². The molecular weight excluding hydrogens is 332 g/mol. The van der Waals surface area contributed by atoms with Crippen LogP contribution in [0.3, 0.4) is 0 Å². The Balaban J connectivity index is 3.97. The van der Waals surface area contributed by atoms with E-state index >= 15 is 0 Å². The molecule has 0 aromatic rings. The van der Waals surface area contributed by atoms with E-state index in [1.165, 1.54) is 38.5 Å². The molecule has 0 bridgehead atoms. The summed E-state index contributed by atoms with van der Waals surface area (Å²) in [5.74, 6) is -0.423. The number of aliphatic hydroxyl groups excluding tert-OH is 2. The maximum absolute atomic E-state index is 12.2. The van der Waals surface area contributed by atoms with E-state index in [1.54, 1.807) is 0 Å². The molecule has 0 amide bonds. The summed E-state index contributed by atoms with van der Waals surface area (Å²) < 4.78 is 10.8. The monoisotopic (exact) mass is 374 g/mol. The lowest BCUT2D eigenvalue weighted by molar-refractivity contribution is -0.161. The van der Waals surface area contributed by atoms with E-state index in [-0.39, 0.29) is 6.61 Å². The lowest BCUT2D eigenvalue weighted by Crippen LogP contribution is -2.31. The summed E-state index contributed by atoms with van der Waals surface area (Å²) in [6, 6.07) is 0. The van der Waals surface area contributed by atoms with Gasteiger partial charge in [0, 0.05) is 6.61 Å². The highest BCUT2D eigenvalue weighted by Crippen LogP contribution is 2.13. The van der Waals surface area contributed by atoms with Gasteiger partial charge in [-0.15, -0.1) is 0 Å². The Morgan fingerprint density at radius 2 is 1.38 bits per heavy atom. The Bertz CT molecular complexity index is 309. The molecule has 156 valence electrons. The van der Waals surface area contributed by atoms with Gasteiger partial charge in [-0.3, -0.25) is 0 Å². The summed E-state index contributed by atoms with van der Waals surface area (Å²) in [6.45, 7) is 4.37. The molecule has 0 radical (unpaired) electrons. The second kappa shape index (κ2) is 19.1. The summed E-state index contributed by atoms with van der Waals surface area (Å²) in [5, 5.41) is 18.1. The Kier molecular flexibility index (Phi) is 18.6. The van der Waals surface area contributed by atoms with Crippen molar-refractivity contribution < 1.29 is 24.5 Å². The first-order valence-electron chi connectivity index (χ1n) is 10.7. The molecular formula is C21H42O5. The van der Waals surface area contributed by atoms with Crippen LogP contribution in [-0.2, 0) is 14.3 Å². The number of carbonyl (C=O) groups excluding carboxylic acids is 1. The van der Waals surface area contributed by atoms with E-state index in [0.717, 1.165) is 38.5 Å². The lowest BCUT2D eigenvalue weighted by Gasteiger charge is -2.18. The molecule has 0 aliphatic carbocycles. The topological polar surface area (TPSA) is 76.0 Å². The molecule has 26 heavy (non-hydrogen) atoms. The summed E-state index contributed by atoms with van der Waals surface area (Å²) in [7, 11) is 0. The quantitative estimate of drug-likeness (QED) is 0.259. The molecule has 0 aromatic heterocycles. The highest BCUT2D eigenvalue weighted by Gasteiger charge is 2.21. The third-order valence-electron chi connectivity index (χ3n) is 4.53. The smallest absolute Gasteiger partial charge is 0.335 e. The molecule has 2 unspecified atom stereocenters. The molecule has 0 saturated carbocycles. The van der Waals surface area contributed by atoms with E-state index in [1.807, 2.05) is 0 Å². The minimum absolute atomic E-state index is 0.179. The first kappa shape index (κ1) is 25.4. The van der Waals surface area contributed by atoms with Crippen LogP contribution in [0.15, 0.2) is 0 Å². The molecule has 0 saturated heterocycles. The molecule has 0 spiro atoms. The third kappa shape index (κ3) is 15.6. The van der Waals surface area contributed by atoms with E-state index in [9.17, 15) is 9.90 Å². The predicted octanol–water partition coefficient (Wildman–Crippen LogP) is 4.38. The van der Waals surface area contributed by atoms with Crippen LogP contribution in [0.2, 0.25) is 0 Å². The number of rotatable bonds is 19. The van der Waals surface area contributed by atoms with E-state index < -0.39 is 24.8 Å². The van der Waals surface area contributed by atoms with Crippen molar-refractivity contribution in [1.29, 1.82) is 0 Å².